The molecule has 42 heavy (non-hydrogen) atoms. The predicted octanol–water partition coefficient (Wildman–Crippen LogP) is 7.05. The zero-order valence-electron chi connectivity index (χ0n) is 23.6. The van der Waals surface area contributed by atoms with Gasteiger partial charge in [-0.3, -0.25) is 14.4 Å². The van der Waals surface area contributed by atoms with Gasteiger partial charge in [-0.1, -0.05) is 83.9 Å². The Morgan fingerprint density at radius 2 is 1.62 bits per heavy atom. The lowest BCUT2D eigenvalue weighted by Crippen LogP contribution is -2.51. The summed E-state index contributed by atoms with van der Waals surface area (Å²) in [6, 6.07) is 25.7. The molecule has 1 atom stereocenters. The second-order valence-corrected chi connectivity index (χ2v) is 11.7. The zero-order valence-corrected chi connectivity index (χ0v) is 25.2. The standard InChI is InChI=1S/C34H33Cl2N3O3/c1-22(2)37-33(41)30(20-23-9-4-3-5-10-23)39(21-24-16-17-27(35)28(36)19-24)31(40)15-8-18-38-29-14-7-12-25-11-6-13-26(32(25)29)34(38)42/h3-7,9-14,16-17,19,22,30H,8,15,18,20-21H2,1-2H3,(H,37,41)/t30-/m1/s1. The molecule has 0 aliphatic carbocycles. The first-order valence-electron chi connectivity index (χ1n) is 14.1. The fourth-order valence-corrected chi connectivity index (χ4v) is 5.82. The molecule has 216 valence electrons. The van der Waals surface area contributed by atoms with Gasteiger partial charge in [-0.25, -0.2) is 0 Å². The lowest BCUT2D eigenvalue weighted by atomic mass is 10.0. The first-order valence-corrected chi connectivity index (χ1v) is 14.9. The molecule has 1 N–H and O–H groups in total. The Hall–Kier alpha value is -3.87. The Labute approximate surface area is 256 Å². The molecule has 0 radical (unpaired) electrons. The van der Waals surface area contributed by atoms with Crippen LogP contribution < -0.4 is 10.2 Å². The molecule has 1 aliphatic heterocycles. The monoisotopic (exact) mass is 601 g/mol. The van der Waals surface area contributed by atoms with Gasteiger partial charge >= 0.3 is 0 Å². The van der Waals surface area contributed by atoms with Gasteiger partial charge in [-0.2, -0.15) is 0 Å². The van der Waals surface area contributed by atoms with Crippen LogP contribution in [0.3, 0.4) is 0 Å². The van der Waals surface area contributed by atoms with Gasteiger partial charge < -0.3 is 15.1 Å². The lowest BCUT2D eigenvalue weighted by Gasteiger charge is -2.32. The normalized spacial score (nSPS) is 13.1. The van der Waals surface area contributed by atoms with Crippen LogP contribution in [0.5, 0.6) is 0 Å². The molecule has 0 spiro atoms. The van der Waals surface area contributed by atoms with Gasteiger partial charge in [-0.15, -0.1) is 0 Å². The van der Waals surface area contributed by atoms with E-state index in [2.05, 4.69) is 5.32 Å². The Balaban J connectivity index is 1.39. The molecular formula is C34H33Cl2N3O3. The summed E-state index contributed by atoms with van der Waals surface area (Å²) in [5.74, 6) is -0.456. The van der Waals surface area contributed by atoms with Gasteiger partial charge in [0.05, 0.1) is 15.7 Å². The van der Waals surface area contributed by atoms with E-state index in [0.29, 0.717) is 35.0 Å². The number of anilines is 1. The molecule has 0 bridgehead atoms. The predicted molar refractivity (Wildman–Crippen MR) is 169 cm³/mol. The molecule has 4 aromatic carbocycles. The molecular weight excluding hydrogens is 569 g/mol. The van der Waals surface area contributed by atoms with Gasteiger partial charge in [-0.05, 0) is 61.0 Å². The van der Waals surface area contributed by atoms with E-state index in [1.165, 1.54) is 0 Å². The molecule has 3 amide bonds. The van der Waals surface area contributed by atoms with Crippen LogP contribution in [0.4, 0.5) is 5.69 Å². The summed E-state index contributed by atoms with van der Waals surface area (Å²) < 4.78 is 0. The fourth-order valence-electron chi connectivity index (χ4n) is 5.50. The average Bonchev–Trinajstić information content (AvgIpc) is 3.25. The number of halogens is 2. The second kappa shape index (κ2) is 13.0. The van der Waals surface area contributed by atoms with E-state index in [-0.39, 0.29) is 36.7 Å². The summed E-state index contributed by atoms with van der Waals surface area (Å²) in [6.07, 6.45) is 0.961. The smallest absolute Gasteiger partial charge is 0.258 e. The number of carbonyl (C=O) groups is 3. The van der Waals surface area contributed by atoms with E-state index in [9.17, 15) is 14.4 Å². The average molecular weight is 603 g/mol. The first kappa shape index (κ1) is 29.6. The van der Waals surface area contributed by atoms with Crippen molar-refractivity contribution in [2.75, 3.05) is 11.4 Å². The third kappa shape index (κ3) is 6.45. The van der Waals surface area contributed by atoms with Gasteiger partial charge in [0.2, 0.25) is 11.8 Å². The molecule has 6 nitrogen and oxygen atoms in total. The summed E-state index contributed by atoms with van der Waals surface area (Å²) >= 11 is 12.5. The molecule has 5 rings (SSSR count). The molecule has 1 aliphatic rings. The SMILES string of the molecule is CC(C)NC(=O)[C@@H](Cc1ccccc1)N(Cc1ccc(Cl)c(Cl)c1)C(=O)CCCN1C(=O)c2cccc3cccc1c23. The minimum Gasteiger partial charge on any atom is -0.352 e. The van der Waals surface area contributed by atoms with Gasteiger partial charge in [0.25, 0.3) is 5.91 Å². The third-order valence-electron chi connectivity index (χ3n) is 7.46. The van der Waals surface area contributed by atoms with Crippen molar-refractivity contribution in [3.05, 3.63) is 112 Å². The second-order valence-electron chi connectivity index (χ2n) is 10.9. The topological polar surface area (TPSA) is 69.7 Å². The Kier molecular flexibility index (Phi) is 9.15. The van der Waals surface area contributed by atoms with Crippen molar-refractivity contribution in [3.63, 3.8) is 0 Å². The molecule has 8 heteroatoms. The van der Waals surface area contributed by atoms with Crippen molar-refractivity contribution >= 4 is 57.4 Å². The van der Waals surface area contributed by atoms with E-state index in [1.807, 2.05) is 86.6 Å². The molecule has 0 fully saturated rings. The van der Waals surface area contributed by atoms with Crippen molar-refractivity contribution in [1.29, 1.82) is 0 Å². The maximum absolute atomic E-state index is 14.0. The summed E-state index contributed by atoms with van der Waals surface area (Å²) in [4.78, 5) is 44.2. The molecule has 0 unspecified atom stereocenters. The molecule has 0 saturated heterocycles. The number of carbonyl (C=O) groups excluding carboxylic acids is 3. The molecule has 0 aromatic heterocycles. The highest BCUT2D eigenvalue weighted by molar-refractivity contribution is 6.42. The van der Waals surface area contributed by atoms with Crippen molar-refractivity contribution in [2.45, 2.75) is 51.7 Å². The maximum atomic E-state index is 14.0. The van der Waals surface area contributed by atoms with Crippen LogP contribution in [-0.2, 0) is 22.6 Å². The van der Waals surface area contributed by atoms with Crippen LogP contribution in [0.2, 0.25) is 10.0 Å². The number of benzene rings is 4. The summed E-state index contributed by atoms with van der Waals surface area (Å²) in [5.41, 5.74) is 3.27. The Morgan fingerprint density at radius 3 is 2.33 bits per heavy atom. The van der Waals surface area contributed by atoms with Gasteiger partial charge in [0, 0.05) is 42.9 Å². The van der Waals surface area contributed by atoms with Crippen molar-refractivity contribution in [3.8, 4) is 0 Å². The van der Waals surface area contributed by atoms with E-state index in [4.69, 9.17) is 23.2 Å². The molecule has 4 aromatic rings. The summed E-state index contributed by atoms with van der Waals surface area (Å²) in [5, 5.41) is 5.77. The third-order valence-corrected chi connectivity index (χ3v) is 8.20. The highest BCUT2D eigenvalue weighted by Crippen LogP contribution is 2.37. The Morgan fingerprint density at radius 1 is 0.881 bits per heavy atom. The fraction of sp³-hybridized carbons (Fsp3) is 0.265. The summed E-state index contributed by atoms with van der Waals surface area (Å²) in [7, 11) is 0. The van der Waals surface area contributed by atoms with Crippen molar-refractivity contribution in [1.82, 2.24) is 10.2 Å². The van der Waals surface area contributed by atoms with Crippen LogP contribution in [0.1, 0.15) is 48.2 Å². The zero-order chi connectivity index (χ0) is 29.8. The number of hydrogen-bond acceptors (Lipinski definition) is 3. The van der Waals surface area contributed by atoms with Crippen LogP contribution in [0.15, 0.2) is 84.9 Å². The minimum atomic E-state index is -0.747. The van der Waals surface area contributed by atoms with Crippen LogP contribution in [-0.4, -0.2) is 41.2 Å². The van der Waals surface area contributed by atoms with Crippen molar-refractivity contribution in [2.24, 2.45) is 0 Å². The molecule has 1 heterocycles. The number of nitrogens with zero attached hydrogens (tertiary/aromatic N) is 2. The number of amides is 3. The van der Waals surface area contributed by atoms with E-state index < -0.39 is 6.04 Å². The summed E-state index contributed by atoms with van der Waals surface area (Å²) in [6.45, 7) is 4.37. The number of hydrogen-bond donors (Lipinski definition) is 1. The van der Waals surface area contributed by atoms with E-state index in [1.54, 1.807) is 21.9 Å². The first-order chi connectivity index (χ1) is 20.2. The maximum Gasteiger partial charge on any atom is 0.258 e. The highest BCUT2D eigenvalue weighted by atomic mass is 35.5. The van der Waals surface area contributed by atoms with E-state index in [0.717, 1.165) is 27.6 Å². The van der Waals surface area contributed by atoms with E-state index >= 15 is 0 Å². The quantitative estimate of drug-likeness (QED) is 0.200. The molecule has 0 saturated carbocycles. The number of nitrogens with one attached hydrogen (secondary N) is 1. The number of rotatable bonds is 11. The van der Waals surface area contributed by atoms with Crippen LogP contribution in [0.25, 0.3) is 10.8 Å². The minimum absolute atomic E-state index is 0.0554. The highest BCUT2D eigenvalue weighted by Gasteiger charge is 2.32. The van der Waals surface area contributed by atoms with Gasteiger partial charge in [0.15, 0.2) is 0 Å². The Bertz CT molecular complexity index is 1620. The largest absolute Gasteiger partial charge is 0.352 e. The van der Waals surface area contributed by atoms with Crippen molar-refractivity contribution < 1.29 is 14.4 Å². The van der Waals surface area contributed by atoms with Crippen LogP contribution in [0, 0.1) is 0 Å². The van der Waals surface area contributed by atoms with Crippen LogP contribution >= 0.6 is 23.2 Å². The lowest BCUT2D eigenvalue weighted by molar-refractivity contribution is -0.141. The van der Waals surface area contributed by atoms with Gasteiger partial charge in [0.1, 0.15) is 6.04 Å².